The van der Waals surface area contributed by atoms with E-state index in [1.807, 2.05) is 6.92 Å². The Kier molecular flexibility index (Phi) is 2.24. The first-order valence-corrected chi connectivity index (χ1v) is 4.41. The molecule has 1 aliphatic rings. The number of hydrogen-bond donors (Lipinski definition) is 1. The Labute approximate surface area is 68.2 Å². The van der Waals surface area contributed by atoms with Crippen molar-refractivity contribution in [3.63, 3.8) is 0 Å². The SMILES string of the molecule is CC1(F)CCCCC1(C)CN. The number of rotatable bonds is 1. The molecule has 1 fully saturated rings. The average Bonchev–Trinajstić information content (AvgIpc) is 1.95. The number of hydrogen-bond acceptors (Lipinski definition) is 1. The zero-order valence-corrected chi connectivity index (χ0v) is 7.49. The second-order valence-corrected chi connectivity index (χ2v) is 4.17. The molecule has 2 N–H and O–H groups in total. The summed E-state index contributed by atoms with van der Waals surface area (Å²) in [6.45, 7) is 4.13. The molecule has 0 spiro atoms. The van der Waals surface area contributed by atoms with Crippen molar-refractivity contribution in [3.05, 3.63) is 0 Å². The lowest BCUT2D eigenvalue weighted by atomic mass is 9.66. The Bertz CT molecular complexity index is 144. The van der Waals surface area contributed by atoms with Crippen LogP contribution in [0.3, 0.4) is 0 Å². The highest BCUT2D eigenvalue weighted by Gasteiger charge is 2.45. The third kappa shape index (κ3) is 1.41. The molecule has 2 heteroatoms. The van der Waals surface area contributed by atoms with Gasteiger partial charge in [0.05, 0.1) is 0 Å². The van der Waals surface area contributed by atoms with Gasteiger partial charge in [0, 0.05) is 12.0 Å². The summed E-state index contributed by atoms with van der Waals surface area (Å²) >= 11 is 0. The van der Waals surface area contributed by atoms with E-state index in [1.54, 1.807) is 6.92 Å². The zero-order valence-electron chi connectivity index (χ0n) is 7.49. The van der Waals surface area contributed by atoms with Crippen molar-refractivity contribution in [1.29, 1.82) is 0 Å². The van der Waals surface area contributed by atoms with Crippen LogP contribution < -0.4 is 5.73 Å². The van der Waals surface area contributed by atoms with Gasteiger partial charge in [-0.25, -0.2) is 4.39 Å². The van der Waals surface area contributed by atoms with E-state index >= 15 is 0 Å². The van der Waals surface area contributed by atoms with Crippen LogP contribution in [0.2, 0.25) is 0 Å². The number of halogens is 1. The molecule has 2 unspecified atom stereocenters. The third-order valence-electron chi connectivity index (χ3n) is 3.33. The highest BCUT2D eigenvalue weighted by atomic mass is 19.1. The van der Waals surface area contributed by atoms with E-state index in [-0.39, 0.29) is 5.41 Å². The summed E-state index contributed by atoms with van der Waals surface area (Å²) in [6, 6.07) is 0. The lowest BCUT2D eigenvalue weighted by Gasteiger charge is -2.43. The van der Waals surface area contributed by atoms with Crippen LogP contribution in [-0.2, 0) is 0 Å². The van der Waals surface area contributed by atoms with Gasteiger partial charge in [0.2, 0.25) is 0 Å². The summed E-state index contributed by atoms with van der Waals surface area (Å²) in [5.41, 5.74) is 4.26. The van der Waals surface area contributed by atoms with Crippen LogP contribution >= 0.6 is 0 Å². The Morgan fingerprint density at radius 2 is 1.82 bits per heavy atom. The summed E-state index contributed by atoms with van der Waals surface area (Å²) < 4.78 is 13.8. The minimum absolute atomic E-state index is 0.273. The van der Waals surface area contributed by atoms with E-state index in [2.05, 4.69) is 0 Å². The van der Waals surface area contributed by atoms with Gasteiger partial charge in [0.25, 0.3) is 0 Å². The van der Waals surface area contributed by atoms with Crippen LogP contribution in [0.25, 0.3) is 0 Å². The highest BCUT2D eigenvalue weighted by Crippen LogP contribution is 2.45. The third-order valence-corrected chi connectivity index (χ3v) is 3.33. The molecular weight excluding hydrogens is 141 g/mol. The van der Waals surface area contributed by atoms with E-state index < -0.39 is 5.67 Å². The first-order chi connectivity index (χ1) is 5.02. The van der Waals surface area contributed by atoms with E-state index in [4.69, 9.17) is 5.73 Å². The molecule has 66 valence electrons. The van der Waals surface area contributed by atoms with E-state index in [1.165, 1.54) is 0 Å². The van der Waals surface area contributed by atoms with Gasteiger partial charge < -0.3 is 5.73 Å². The Hall–Kier alpha value is -0.110. The maximum absolute atomic E-state index is 13.8. The van der Waals surface area contributed by atoms with Crippen molar-refractivity contribution in [1.82, 2.24) is 0 Å². The standard InChI is InChI=1S/C9H18FN/c1-8(7-11)5-3-4-6-9(8,2)10/h3-7,11H2,1-2H3. The van der Waals surface area contributed by atoms with E-state index in [0.29, 0.717) is 13.0 Å². The topological polar surface area (TPSA) is 26.0 Å². The summed E-state index contributed by atoms with van der Waals surface area (Å²) in [7, 11) is 0. The quantitative estimate of drug-likeness (QED) is 0.624. The molecule has 0 heterocycles. The van der Waals surface area contributed by atoms with Crippen LogP contribution in [-0.4, -0.2) is 12.2 Å². The smallest absolute Gasteiger partial charge is 0.114 e. The fourth-order valence-electron chi connectivity index (χ4n) is 1.85. The van der Waals surface area contributed by atoms with Gasteiger partial charge in [-0.15, -0.1) is 0 Å². The molecule has 1 saturated carbocycles. The largest absolute Gasteiger partial charge is 0.330 e. The summed E-state index contributed by atoms with van der Waals surface area (Å²) in [5, 5.41) is 0. The zero-order chi connectivity index (χ0) is 8.54. The Balaban J connectivity index is 2.74. The lowest BCUT2D eigenvalue weighted by molar-refractivity contribution is -0.0141. The fourth-order valence-corrected chi connectivity index (χ4v) is 1.85. The molecule has 0 radical (unpaired) electrons. The molecule has 2 atom stereocenters. The normalized spacial score (nSPS) is 45.8. The summed E-state index contributed by atoms with van der Waals surface area (Å²) in [4.78, 5) is 0. The van der Waals surface area contributed by atoms with Crippen LogP contribution in [0.5, 0.6) is 0 Å². The maximum atomic E-state index is 13.8. The number of nitrogens with two attached hydrogens (primary N) is 1. The molecule has 1 rings (SSSR count). The predicted molar refractivity (Wildman–Crippen MR) is 45.1 cm³/mol. The van der Waals surface area contributed by atoms with E-state index in [9.17, 15) is 4.39 Å². The molecule has 0 aromatic heterocycles. The van der Waals surface area contributed by atoms with Gasteiger partial charge in [-0.3, -0.25) is 0 Å². The Morgan fingerprint density at radius 1 is 1.27 bits per heavy atom. The highest BCUT2D eigenvalue weighted by molar-refractivity contribution is 4.96. The van der Waals surface area contributed by atoms with E-state index in [0.717, 1.165) is 19.3 Å². The lowest BCUT2D eigenvalue weighted by Crippen LogP contribution is -2.47. The molecule has 0 bridgehead atoms. The first kappa shape index (κ1) is 8.98. The first-order valence-electron chi connectivity index (χ1n) is 4.41. The minimum atomic E-state index is -1.04. The molecule has 0 aliphatic heterocycles. The maximum Gasteiger partial charge on any atom is 0.114 e. The molecular formula is C9H18FN. The molecule has 0 saturated heterocycles. The molecule has 1 aliphatic carbocycles. The fraction of sp³-hybridized carbons (Fsp3) is 1.00. The summed E-state index contributed by atoms with van der Waals surface area (Å²) in [5.74, 6) is 0. The van der Waals surface area contributed by atoms with Gasteiger partial charge >= 0.3 is 0 Å². The van der Waals surface area contributed by atoms with Crippen LogP contribution in [0.15, 0.2) is 0 Å². The second-order valence-electron chi connectivity index (χ2n) is 4.17. The van der Waals surface area contributed by atoms with Crippen LogP contribution in [0.4, 0.5) is 4.39 Å². The average molecular weight is 159 g/mol. The minimum Gasteiger partial charge on any atom is -0.330 e. The molecule has 0 aromatic rings. The van der Waals surface area contributed by atoms with Crippen LogP contribution in [0.1, 0.15) is 39.5 Å². The van der Waals surface area contributed by atoms with Crippen molar-refractivity contribution in [2.24, 2.45) is 11.1 Å². The van der Waals surface area contributed by atoms with Crippen LogP contribution in [0, 0.1) is 5.41 Å². The Morgan fingerprint density at radius 3 is 2.18 bits per heavy atom. The number of alkyl halides is 1. The van der Waals surface area contributed by atoms with Crippen molar-refractivity contribution in [3.8, 4) is 0 Å². The van der Waals surface area contributed by atoms with Gasteiger partial charge in [-0.1, -0.05) is 19.8 Å². The van der Waals surface area contributed by atoms with Gasteiger partial charge in [-0.05, 0) is 19.8 Å². The molecule has 11 heavy (non-hydrogen) atoms. The van der Waals surface area contributed by atoms with Crippen molar-refractivity contribution < 1.29 is 4.39 Å². The monoisotopic (exact) mass is 159 g/mol. The van der Waals surface area contributed by atoms with Gasteiger partial charge in [-0.2, -0.15) is 0 Å². The van der Waals surface area contributed by atoms with Gasteiger partial charge in [0.1, 0.15) is 5.67 Å². The summed E-state index contributed by atoms with van der Waals surface area (Å²) in [6.07, 6.45) is 3.77. The molecule has 0 amide bonds. The predicted octanol–water partition coefficient (Wildman–Crippen LogP) is 2.25. The molecule has 0 aromatic carbocycles. The van der Waals surface area contributed by atoms with Crippen molar-refractivity contribution >= 4 is 0 Å². The second kappa shape index (κ2) is 2.74. The van der Waals surface area contributed by atoms with Crippen molar-refractivity contribution in [2.45, 2.75) is 45.2 Å². The van der Waals surface area contributed by atoms with Crippen molar-refractivity contribution in [2.75, 3.05) is 6.54 Å². The molecule has 1 nitrogen and oxygen atoms in total. The van der Waals surface area contributed by atoms with Gasteiger partial charge in [0.15, 0.2) is 0 Å².